The number of hydrogen-bond acceptors (Lipinski definition) is 5. The van der Waals surface area contributed by atoms with Crippen LogP contribution in [-0.2, 0) is 4.74 Å². The summed E-state index contributed by atoms with van der Waals surface area (Å²) in [6, 6.07) is 4.10. The van der Waals surface area contributed by atoms with Gasteiger partial charge in [0.25, 0.3) is 0 Å². The van der Waals surface area contributed by atoms with Crippen molar-refractivity contribution in [3.63, 3.8) is 0 Å². The summed E-state index contributed by atoms with van der Waals surface area (Å²) in [6.45, 7) is 3.15. The molecule has 0 atom stereocenters. The van der Waals surface area contributed by atoms with E-state index < -0.39 is 0 Å². The summed E-state index contributed by atoms with van der Waals surface area (Å²) in [5.74, 6) is 0. The minimum Gasteiger partial charge on any atom is -0.378 e. The fourth-order valence-corrected chi connectivity index (χ4v) is 2.60. The van der Waals surface area contributed by atoms with Crippen molar-refractivity contribution in [2.24, 2.45) is 0 Å². The molecular formula is C18H22N4O. The van der Waals surface area contributed by atoms with Crippen LogP contribution in [0.15, 0.2) is 36.9 Å². The lowest BCUT2D eigenvalue weighted by Gasteiger charge is -2.26. The SMILES string of the molecule is CN(C)CCOCCN1c2ccncc2C=Cc2cnccc21. The Morgan fingerprint density at radius 3 is 2.13 bits per heavy atom. The van der Waals surface area contributed by atoms with Gasteiger partial charge in [0, 0.05) is 49.0 Å². The van der Waals surface area contributed by atoms with Crippen molar-refractivity contribution in [2.75, 3.05) is 45.3 Å². The predicted molar refractivity (Wildman–Crippen MR) is 93.8 cm³/mol. The van der Waals surface area contributed by atoms with E-state index in [9.17, 15) is 0 Å². The van der Waals surface area contributed by atoms with Gasteiger partial charge in [0.15, 0.2) is 0 Å². The molecule has 3 rings (SSSR count). The molecule has 0 fully saturated rings. The molecule has 0 spiro atoms. The average molecular weight is 310 g/mol. The number of anilines is 2. The smallest absolute Gasteiger partial charge is 0.0646 e. The van der Waals surface area contributed by atoms with Gasteiger partial charge in [-0.15, -0.1) is 0 Å². The van der Waals surface area contributed by atoms with Crippen LogP contribution in [0.1, 0.15) is 11.1 Å². The molecule has 0 aliphatic carbocycles. The number of aromatic nitrogens is 2. The van der Waals surface area contributed by atoms with Crippen LogP contribution in [0.5, 0.6) is 0 Å². The highest BCUT2D eigenvalue weighted by atomic mass is 16.5. The van der Waals surface area contributed by atoms with Gasteiger partial charge in [-0.2, -0.15) is 0 Å². The van der Waals surface area contributed by atoms with Gasteiger partial charge in [-0.1, -0.05) is 12.2 Å². The van der Waals surface area contributed by atoms with E-state index in [1.54, 1.807) is 0 Å². The van der Waals surface area contributed by atoms with E-state index in [-0.39, 0.29) is 0 Å². The van der Waals surface area contributed by atoms with Crippen LogP contribution in [0.2, 0.25) is 0 Å². The third kappa shape index (κ3) is 3.75. The first-order chi connectivity index (χ1) is 11.3. The Morgan fingerprint density at radius 1 is 0.957 bits per heavy atom. The number of ether oxygens (including phenoxy) is 1. The molecular weight excluding hydrogens is 288 g/mol. The van der Waals surface area contributed by atoms with Crippen LogP contribution in [0.3, 0.4) is 0 Å². The van der Waals surface area contributed by atoms with E-state index in [2.05, 4.69) is 58.1 Å². The number of nitrogens with zero attached hydrogens (tertiary/aromatic N) is 4. The van der Waals surface area contributed by atoms with E-state index in [1.165, 1.54) is 0 Å². The first-order valence-electron chi connectivity index (χ1n) is 7.82. The number of pyridine rings is 2. The Labute approximate surface area is 137 Å². The molecule has 0 bridgehead atoms. The van der Waals surface area contributed by atoms with Crippen molar-refractivity contribution in [1.82, 2.24) is 14.9 Å². The Hall–Kier alpha value is -2.24. The van der Waals surface area contributed by atoms with Gasteiger partial charge in [0.05, 0.1) is 24.6 Å². The molecule has 0 radical (unpaired) electrons. The van der Waals surface area contributed by atoms with Crippen LogP contribution in [-0.4, -0.2) is 55.3 Å². The second-order valence-electron chi connectivity index (χ2n) is 5.77. The van der Waals surface area contributed by atoms with Gasteiger partial charge in [0.2, 0.25) is 0 Å². The summed E-state index contributed by atoms with van der Waals surface area (Å²) in [7, 11) is 4.10. The van der Waals surface area contributed by atoms with E-state index in [0.717, 1.165) is 42.2 Å². The Kier molecular flexibility index (Phi) is 5.00. The predicted octanol–water partition coefficient (Wildman–Crippen LogP) is 2.68. The van der Waals surface area contributed by atoms with Crippen LogP contribution in [0.25, 0.3) is 12.2 Å². The Balaban J connectivity index is 1.79. The maximum atomic E-state index is 5.78. The minimum absolute atomic E-state index is 0.678. The first kappa shape index (κ1) is 15.6. The molecule has 0 unspecified atom stereocenters. The van der Waals surface area contributed by atoms with Gasteiger partial charge >= 0.3 is 0 Å². The summed E-state index contributed by atoms with van der Waals surface area (Å²) in [5.41, 5.74) is 4.52. The minimum atomic E-state index is 0.678. The van der Waals surface area contributed by atoms with Crippen LogP contribution in [0, 0.1) is 0 Å². The quantitative estimate of drug-likeness (QED) is 0.767. The standard InChI is InChI=1S/C18H22N4O/c1-21(2)9-11-23-12-10-22-17-5-7-19-13-15(17)3-4-16-14-20-8-6-18(16)22/h3-8,13-14H,9-12H2,1-2H3. The molecule has 120 valence electrons. The summed E-state index contributed by atoms with van der Waals surface area (Å²) >= 11 is 0. The van der Waals surface area contributed by atoms with Gasteiger partial charge in [-0.05, 0) is 26.2 Å². The van der Waals surface area contributed by atoms with Crippen molar-refractivity contribution in [1.29, 1.82) is 0 Å². The second kappa shape index (κ2) is 7.35. The fraction of sp³-hybridized carbons (Fsp3) is 0.333. The van der Waals surface area contributed by atoms with Crippen molar-refractivity contribution >= 4 is 23.5 Å². The highest BCUT2D eigenvalue weighted by Gasteiger charge is 2.17. The molecule has 0 aromatic carbocycles. The number of rotatable bonds is 6. The number of likely N-dealkylation sites (N-methyl/N-ethyl adjacent to an activating group) is 1. The molecule has 2 aromatic rings. The lowest BCUT2D eigenvalue weighted by molar-refractivity contribution is 0.124. The normalized spacial score (nSPS) is 12.9. The molecule has 1 aliphatic rings. The monoisotopic (exact) mass is 310 g/mol. The molecule has 23 heavy (non-hydrogen) atoms. The lowest BCUT2D eigenvalue weighted by Crippen LogP contribution is -2.25. The molecule has 0 amide bonds. The third-order valence-electron chi connectivity index (χ3n) is 3.82. The van der Waals surface area contributed by atoms with Crippen molar-refractivity contribution < 1.29 is 4.74 Å². The van der Waals surface area contributed by atoms with E-state index in [0.29, 0.717) is 6.61 Å². The van der Waals surface area contributed by atoms with Gasteiger partial charge in [-0.25, -0.2) is 0 Å². The molecule has 5 nitrogen and oxygen atoms in total. The average Bonchev–Trinajstić information content (AvgIpc) is 2.72. The maximum absolute atomic E-state index is 5.78. The maximum Gasteiger partial charge on any atom is 0.0646 e. The number of fused-ring (bicyclic) bond motifs is 2. The van der Waals surface area contributed by atoms with E-state index in [4.69, 9.17) is 4.74 Å². The van der Waals surface area contributed by atoms with E-state index >= 15 is 0 Å². The second-order valence-corrected chi connectivity index (χ2v) is 5.77. The molecule has 0 N–H and O–H groups in total. The molecule has 1 aliphatic heterocycles. The zero-order valence-corrected chi connectivity index (χ0v) is 13.6. The van der Waals surface area contributed by atoms with Gasteiger partial charge in [0.1, 0.15) is 0 Å². The zero-order chi connectivity index (χ0) is 16.1. The van der Waals surface area contributed by atoms with Crippen molar-refractivity contribution in [2.45, 2.75) is 0 Å². The van der Waals surface area contributed by atoms with Gasteiger partial charge in [-0.3, -0.25) is 9.97 Å². The van der Waals surface area contributed by atoms with Crippen LogP contribution >= 0.6 is 0 Å². The molecule has 0 saturated carbocycles. The highest BCUT2D eigenvalue weighted by molar-refractivity contribution is 5.87. The van der Waals surface area contributed by atoms with Crippen molar-refractivity contribution in [3.05, 3.63) is 48.0 Å². The highest BCUT2D eigenvalue weighted by Crippen LogP contribution is 2.34. The lowest BCUT2D eigenvalue weighted by atomic mass is 10.2. The zero-order valence-electron chi connectivity index (χ0n) is 13.6. The first-order valence-corrected chi connectivity index (χ1v) is 7.82. The van der Waals surface area contributed by atoms with Crippen molar-refractivity contribution in [3.8, 4) is 0 Å². The molecule has 2 aromatic heterocycles. The molecule has 0 saturated heterocycles. The summed E-state index contributed by atoms with van der Waals surface area (Å²) in [5, 5.41) is 0. The summed E-state index contributed by atoms with van der Waals surface area (Å²) < 4.78 is 5.78. The molecule has 3 heterocycles. The number of hydrogen-bond donors (Lipinski definition) is 0. The summed E-state index contributed by atoms with van der Waals surface area (Å²) in [4.78, 5) is 12.9. The van der Waals surface area contributed by atoms with E-state index in [1.807, 2.05) is 24.8 Å². The topological polar surface area (TPSA) is 41.5 Å². The largest absolute Gasteiger partial charge is 0.378 e. The summed E-state index contributed by atoms with van der Waals surface area (Å²) in [6.07, 6.45) is 11.6. The Morgan fingerprint density at radius 2 is 1.57 bits per heavy atom. The Bertz CT molecular complexity index is 635. The van der Waals surface area contributed by atoms with Gasteiger partial charge < -0.3 is 14.5 Å². The fourth-order valence-electron chi connectivity index (χ4n) is 2.60. The third-order valence-corrected chi connectivity index (χ3v) is 3.82. The van der Waals surface area contributed by atoms with Crippen LogP contribution in [0.4, 0.5) is 11.4 Å². The van der Waals surface area contributed by atoms with Crippen LogP contribution < -0.4 is 4.90 Å². The molecule has 5 heteroatoms.